The fourth-order valence-corrected chi connectivity index (χ4v) is 3.75. The zero-order valence-electron chi connectivity index (χ0n) is 13.0. The lowest BCUT2D eigenvalue weighted by Crippen LogP contribution is -2.58. The molecule has 1 amide bonds. The van der Waals surface area contributed by atoms with E-state index in [2.05, 4.69) is 9.71 Å². The van der Waals surface area contributed by atoms with E-state index in [1.165, 1.54) is 18.2 Å². The first kappa shape index (κ1) is 16.3. The minimum Gasteiger partial charge on any atom is -0.481 e. The monoisotopic (exact) mass is 347 g/mol. The summed E-state index contributed by atoms with van der Waals surface area (Å²) in [5, 5.41) is -0.618. The Bertz CT molecular complexity index is 816. The van der Waals surface area contributed by atoms with Gasteiger partial charge in [-0.15, -0.1) is 0 Å². The average molecular weight is 347 g/mol. The molecule has 8 heteroatoms. The van der Waals surface area contributed by atoms with Gasteiger partial charge < -0.3 is 9.64 Å². The van der Waals surface area contributed by atoms with Crippen LogP contribution in [0, 0.1) is 0 Å². The molecular weight excluding hydrogens is 330 g/mol. The second kappa shape index (κ2) is 6.48. The number of para-hydroxylation sites is 1. The molecule has 24 heavy (non-hydrogen) atoms. The number of aromatic nitrogens is 1. The maximum absolute atomic E-state index is 12.3. The number of methoxy groups -OCH3 is 1. The Morgan fingerprint density at radius 1 is 1.21 bits per heavy atom. The molecule has 0 atom stereocenters. The van der Waals surface area contributed by atoms with E-state index in [1.807, 2.05) is 6.07 Å². The van der Waals surface area contributed by atoms with Crippen molar-refractivity contribution < 1.29 is 17.9 Å². The topological polar surface area (TPSA) is 88.6 Å². The highest BCUT2D eigenvalue weighted by Crippen LogP contribution is 2.21. The number of anilines is 1. The number of ether oxygens (including phenoxy) is 1. The van der Waals surface area contributed by atoms with Crippen molar-refractivity contribution in [3.8, 4) is 5.88 Å². The number of nitrogens with one attached hydrogen (secondary N) is 1. The van der Waals surface area contributed by atoms with Gasteiger partial charge in [-0.25, -0.2) is 13.4 Å². The second-order valence-electron chi connectivity index (χ2n) is 5.43. The predicted molar refractivity (Wildman–Crippen MR) is 89.5 cm³/mol. The molecule has 1 fully saturated rings. The Balaban J connectivity index is 1.60. The lowest BCUT2D eigenvalue weighted by atomic mass is 10.1. The molecule has 0 bridgehead atoms. The molecule has 0 unspecified atom stereocenters. The van der Waals surface area contributed by atoms with E-state index in [9.17, 15) is 13.2 Å². The van der Waals surface area contributed by atoms with E-state index >= 15 is 0 Å². The molecule has 126 valence electrons. The summed E-state index contributed by atoms with van der Waals surface area (Å²) >= 11 is 0. The minimum absolute atomic E-state index is 0.160. The number of pyridine rings is 1. The number of sulfonamides is 1. The van der Waals surface area contributed by atoms with Crippen LogP contribution in [0.1, 0.15) is 10.4 Å². The number of carbonyl (C=O) groups is 1. The Morgan fingerprint density at radius 3 is 2.50 bits per heavy atom. The summed E-state index contributed by atoms with van der Waals surface area (Å²) in [6, 6.07) is 11.9. The first-order valence-electron chi connectivity index (χ1n) is 7.35. The Morgan fingerprint density at radius 2 is 1.92 bits per heavy atom. The summed E-state index contributed by atoms with van der Waals surface area (Å²) < 4.78 is 32.1. The molecule has 1 aliphatic heterocycles. The van der Waals surface area contributed by atoms with Crippen LogP contribution in [-0.4, -0.2) is 49.7 Å². The number of benzene rings is 1. The maximum atomic E-state index is 12.3. The highest BCUT2D eigenvalue weighted by Gasteiger charge is 2.40. The van der Waals surface area contributed by atoms with E-state index < -0.39 is 15.3 Å². The van der Waals surface area contributed by atoms with Crippen LogP contribution in [0.2, 0.25) is 0 Å². The molecule has 1 aliphatic rings. The molecule has 0 spiro atoms. The third kappa shape index (κ3) is 3.33. The van der Waals surface area contributed by atoms with Crippen LogP contribution < -0.4 is 9.46 Å². The predicted octanol–water partition coefficient (Wildman–Crippen LogP) is 1.36. The molecule has 1 aromatic carbocycles. The van der Waals surface area contributed by atoms with Gasteiger partial charge in [0.1, 0.15) is 5.25 Å². The number of nitrogens with zero attached hydrogens (tertiary/aromatic N) is 2. The SMILES string of the molecule is COc1ccc(C(=O)N2CC(S(=O)(=O)Nc3ccccc3)C2)cn1. The number of hydrogen-bond acceptors (Lipinski definition) is 5. The molecular formula is C16H17N3O4S. The van der Waals surface area contributed by atoms with Crippen LogP contribution in [0.4, 0.5) is 5.69 Å². The number of likely N-dealkylation sites (tertiary alicyclic amines) is 1. The van der Waals surface area contributed by atoms with Crippen LogP contribution >= 0.6 is 0 Å². The first-order valence-corrected chi connectivity index (χ1v) is 8.90. The van der Waals surface area contributed by atoms with Crippen LogP contribution in [-0.2, 0) is 10.0 Å². The fourth-order valence-electron chi connectivity index (χ4n) is 2.36. The van der Waals surface area contributed by atoms with Gasteiger partial charge in [-0.05, 0) is 18.2 Å². The zero-order chi connectivity index (χ0) is 17.2. The molecule has 1 N–H and O–H groups in total. The van der Waals surface area contributed by atoms with E-state index in [-0.39, 0.29) is 19.0 Å². The first-order chi connectivity index (χ1) is 11.5. The standard InChI is InChI=1S/C16H17N3O4S/c1-23-15-8-7-12(9-17-15)16(20)19-10-14(11-19)24(21,22)18-13-5-3-2-4-6-13/h2-9,14,18H,10-11H2,1H3. The summed E-state index contributed by atoms with van der Waals surface area (Å²) in [5.41, 5.74) is 0.921. The minimum atomic E-state index is -3.52. The summed E-state index contributed by atoms with van der Waals surface area (Å²) in [6.45, 7) is 0.320. The van der Waals surface area contributed by atoms with E-state index in [0.717, 1.165) is 0 Å². The summed E-state index contributed by atoms with van der Waals surface area (Å²) in [7, 11) is -2.02. The highest BCUT2D eigenvalue weighted by molar-refractivity contribution is 7.93. The number of amides is 1. The van der Waals surface area contributed by atoms with Gasteiger partial charge in [0, 0.05) is 31.0 Å². The Hall–Kier alpha value is -2.61. The van der Waals surface area contributed by atoms with E-state index in [1.54, 1.807) is 36.4 Å². The van der Waals surface area contributed by atoms with Gasteiger partial charge in [0.05, 0.1) is 12.7 Å². The van der Waals surface area contributed by atoms with Crippen molar-refractivity contribution in [2.24, 2.45) is 0 Å². The number of hydrogen-bond donors (Lipinski definition) is 1. The molecule has 0 radical (unpaired) electrons. The van der Waals surface area contributed by atoms with Crippen LogP contribution in [0.25, 0.3) is 0 Å². The van der Waals surface area contributed by atoms with Crippen LogP contribution in [0.15, 0.2) is 48.7 Å². The quantitative estimate of drug-likeness (QED) is 0.882. The molecule has 2 aromatic rings. The van der Waals surface area contributed by atoms with Crippen molar-refractivity contribution in [3.05, 3.63) is 54.2 Å². The van der Waals surface area contributed by atoms with Gasteiger partial charge in [-0.1, -0.05) is 18.2 Å². The number of carbonyl (C=O) groups excluding carboxylic acids is 1. The molecule has 1 saturated heterocycles. The largest absolute Gasteiger partial charge is 0.481 e. The van der Waals surface area contributed by atoms with Gasteiger partial charge in [0.25, 0.3) is 5.91 Å². The molecule has 0 saturated carbocycles. The van der Waals surface area contributed by atoms with Crippen molar-refractivity contribution in [2.75, 3.05) is 24.9 Å². The van der Waals surface area contributed by atoms with E-state index in [0.29, 0.717) is 17.1 Å². The summed E-state index contributed by atoms with van der Waals surface area (Å²) in [5.74, 6) is 0.180. The van der Waals surface area contributed by atoms with Gasteiger partial charge in [-0.2, -0.15) is 0 Å². The van der Waals surface area contributed by atoms with Gasteiger partial charge in [0.15, 0.2) is 0 Å². The lowest BCUT2D eigenvalue weighted by Gasteiger charge is -2.38. The maximum Gasteiger partial charge on any atom is 0.255 e. The Kier molecular flexibility index (Phi) is 4.39. The van der Waals surface area contributed by atoms with Crippen molar-refractivity contribution in [3.63, 3.8) is 0 Å². The average Bonchev–Trinajstić information content (AvgIpc) is 2.53. The normalized spacial score (nSPS) is 14.8. The second-order valence-corrected chi connectivity index (χ2v) is 7.40. The van der Waals surface area contributed by atoms with E-state index in [4.69, 9.17) is 4.74 Å². The van der Waals surface area contributed by atoms with Gasteiger partial charge in [-0.3, -0.25) is 9.52 Å². The number of rotatable bonds is 5. The molecule has 7 nitrogen and oxygen atoms in total. The van der Waals surface area contributed by atoms with Crippen LogP contribution in [0.3, 0.4) is 0 Å². The molecule has 2 heterocycles. The summed E-state index contributed by atoms with van der Waals surface area (Å²) in [6.07, 6.45) is 1.42. The Labute approximate surface area is 140 Å². The third-order valence-corrected chi connectivity index (χ3v) is 5.50. The zero-order valence-corrected chi connectivity index (χ0v) is 13.9. The molecule has 0 aliphatic carbocycles. The van der Waals surface area contributed by atoms with Gasteiger partial charge >= 0.3 is 0 Å². The van der Waals surface area contributed by atoms with Crippen molar-refractivity contribution >= 4 is 21.6 Å². The van der Waals surface area contributed by atoms with Crippen molar-refractivity contribution in [1.29, 1.82) is 0 Å². The molecule has 1 aromatic heterocycles. The smallest absolute Gasteiger partial charge is 0.255 e. The van der Waals surface area contributed by atoms with Crippen molar-refractivity contribution in [2.45, 2.75) is 5.25 Å². The lowest BCUT2D eigenvalue weighted by molar-refractivity contribution is 0.0658. The van der Waals surface area contributed by atoms with Gasteiger partial charge in [0.2, 0.25) is 15.9 Å². The van der Waals surface area contributed by atoms with Crippen molar-refractivity contribution in [1.82, 2.24) is 9.88 Å². The molecule has 3 rings (SSSR count). The van der Waals surface area contributed by atoms with Crippen LogP contribution in [0.5, 0.6) is 5.88 Å². The summed E-state index contributed by atoms with van der Waals surface area (Å²) in [4.78, 5) is 17.8. The fraction of sp³-hybridized carbons (Fsp3) is 0.250. The highest BCUT2D eigenvalue weighted by atomic mass is 32.2. The third-order valence-electron chi connectivity index (χ3n) is 3.80.